The molecular weight excluding hydrogens is 470 g/mol. The number of fused-ring (bicyclic) bond motifs is 2. The molecule has 0 radical (unpaired) electrons. The monoisotopic (exact) mass is 495 g/mol. The van der Waals surface area contributed by atoms with E-state index in [1.807, 2.05) is 17.5 Å². The molecular formula is C25H25N3O6S. The summed E-state index contributed by atoms with van der Waals surface area (Å²) in [7, 11) is 1.44. The van der Waals surface area contributed by atoms with Gasteiger partial charge in [0.05, 0.1) is 13.7 Å². The van der Waals surface area contributed by atoms with E-state index in [4.69, 9.17) is 14.2 Å². The molecule has 0 aliphatic carbocycles. The van der Waals surface area contributed by atoms with Crippen LogP contribution in [0.15, 0.2) is 46.6 Å². The average Bonchev–Trinajstić information content (AvgIpc) is 3.31. The lowest BCUT2D eigenvalue weighted by Crippen LogP contribution is -2.34. The van der Waals surface area contributed by atoms with Gasteiger partial charge in [0, 0.05) is 48.3 Å². The minimum atomic E-state index is -0.314. The molecule has 2 amide bonds. The predicted molar refractivity (Wildman–Crippen MR) is 130 cm³/mol. The fraction of sp³-hybridized carbons (Fsp3) is 0.320. The van der Waals surface area contributed by atoms with Crippen LogP contribution in [0, 0.1) is 0 Å². The van der Waals surface area contributed by atoms with Gasteiger partial charge in [-0.05, 0) is 29.6 Å². The van der Waals surface area contributed by atoms with Gasteiger partial charge in [-0.25, -0.2) is 0 Å². The molecule has 10 heteroatoms. The molecule has 1 N–H and O–H groups in total. The number of aromatic nitrogens is 1. The maximum absolute atomic E-state index is 13.3. The zero-order chi connectivity index (χ0) is 24.4. The van der Waals surface area contributed by atoms with Crippen molar-refractivity contribution in [2.45, 2.75) is 19.5 Å². The quantitative estimate of drug-likeness (QED) is 0.583. The lowest BCUT2D eigenvalue weighted by Gasteiger charge is -2.22. The molecule has 0 atom stereocenters. The molecule has 2 aromatic heterocycles. The van der Waals surface area contributed by atoms with E-state index in [1.165, 1.54) is 13.2 Å². The largest absolute Gasteiger partial charge is 0.496 e. The Morgan fingerprint density at radius 2 is 1.91 bits per heavy atom. The van der Waals surface area contributed by atoms with Crippen LogP contribution in [0.2, 0.25) is 0 Å². The van der Waals surface area contributed by atoms with Crippen LogP contribution < -0.4 is 25.1 Å². The first-order valence-corrected chi connectivity index (χ1v) is 12.2. The van der Waals surface area contributed by atoms with Gasteiger partial charge in [0.2, 0.25) is 0 Å². The Labute approximate surface area is 205 Å². The van der Waals surface area contributed by atoms with Crippen molar-refractivity contribution in [1.82, 2.24) is 14.8 Å². The number of ether oxygens (including phenoxy) is 3. The molecule has 0 spiro atoms. The molecule has 4 heterocycles. The number of carbonyl (C=O) groups is 2. The molecule has 5 rings (SSSR count). The van der Waals surface area contributed by atoms with Crippen LogP contribution in [0.4, 0.5) is 0 Å². The standard InChI is InChI=1S/C25H25N3O6S/c1-32-21-14-22(29)28-9-8-27(25(31)16-4-5-19-20(13-16)34-11-10-33-19)7-6-18(28)23(21)24(30)26-15-17-3-2-12-35-17/h2-5,12-14H,6-11,15H2,1H3,(H,26,30). The number of nitrogens with zero attached hydrogens (tertiary/aromatic N) is 2. The second-order valence-corrected chi connectivity index (χ2v) is 9.22. The van der Waals surface area contributed by atoms with E-state index in [9.17, 15) is 14.4 Å². The normalized spacial score (nSPS) is 14.6. The highest BCUT2D eigenvalue weighted by Gasteiger charge is 2.27. The molecule has 182 valence electrons. The van der Waals surface area contributed by atoms with Crippen LogP contribution in [0.1, 0.15) is 31.3 Å². The van der Waals surface area contributed by atoms with Crippen molar-refractivity contribution in [1.29, 1.82) is 0 Å². The number of thiophene rings is 1. The first-order valence-electron chi connectivity index (χ1n) is 11.4. The van der Waals surface area contributed by atoms with Crippen molar-refractivity contribution in [2.75, 3.05) is 33.4 Å². The van der Waals surface area contributed by atoms with Gasteiger partial charge in [-0.3, -0.25) is 14.4 Å². The first-order chi connectivity index (χ1) is 17.0. The zero-order valence-electron chi connectivity index (χ0n) is 19.2. The van der Waals surface area contributed by atoms with E-state index in [0.717, 1.165) is 4.88 Å². The third kappa shape index (κ3) is 4.61. The minimum Gasteiger partial charge on any atom is -0.496 e. The topological polar surface area (TPSA) is 99.1 Å². The number of carbonyl (C=O) groups excluding carboxylic acids is 2. The Balaban J connectivity index is 1.39. The molecule has 1 aromatic carbocycles. The molecule has 2 aliphatic rings. The third-order valence-electron chi connectivity index (χ3n) is 6.12. The molecule has 0 unspecified atom stereocenters. The molecule has 0 saturated carbocycles. The van der Waals surface area contributed by atoms with E-state index in [-0.39, 0.29) is 29.7 Å². The lowest BCUT2D eigenvalue weighted by atomic mass is 10.1. The Kier molecular flexibility index (Phi) is 6.45. The van der Waals surface area contributed by atoms with E-state index < -0.39 is 0 Å². The van der Waals surface area contributed by atoms with Crippen LogP contribution >= 0.6 is 11.3 Å². The molecule has 2 aliphatic heterocycles. The number of pyridine rings is 1. The number of hydrogen-bond donors (Lipinski definition) is 1. The number of hydrogen-bond acceptors (Lipinski definition) is 7. The summed E-state index contributed by atoms with van der Waals surface area (Å²) >= 11 is 1.55. The van der Waals surface area contributed by atoms with E-state index in [1.54, 1.807) is 39.0 Å². The first kappa shape index (κ1) is 23.0. The highest BCUT2D eigenvalue weighted by molar-refractivity contribution is 7.09. The van der Waals surface area contributed by atoms with Gasteiger partial charge >= 0.3 is 0 Å². The van der Waals surface area contributed by atoms with Crippen molar-refractivity contribution in [3.05, 3.63) is 73.8 Å². The fourth-order valence-electron chi connectivity index (χ4n) is 4.39. The van der Waals surface area contributed by atoms with Gasteiger partial charge < -0.3 is 29.0 Å². The van der Waals surface area contributed by atoms with Gasteiger partial charge in [0.15, 0.2) is 11.5 Å². The van der Waals surface area contributed by atoms with Gasteiger partial charge in [0.1, 0.15) is 24.5 Å². The van der Waals surface area contributed by atoms with Crippen LogP contribution in [-0.4, -0.2) is 54.7 Å². The van der Waals surface area contributed by atoms with Crippen LogP contribution in [0.3, 0.4) is 0 Å². The highest BCUT2D eigenvalue weighted by Crippen LogP contribution is 2.31. The molecule has 9 nitrogen and oxygen atoms in total. The zero-order valence-corrected chi connectivity index (χ0v) is 20.1. The highest BCUT2D eigenvalue weighted by atomic mass is 32.1. The summed E-state index contributed by atoms with van der Waals surface area (Å²) in [6.07, 6.45) is 0.338. The summed E-state index contributed by atoms with van der Waals surface area (Å²) < 4.78 is 18.1. The number of benzene rings is 1. The fourth-order valence-corrected chi connectivity index (χ4v) is 5.03. The van der Waals surface area contributed by atoms with Gasteiger partial charge in [-0.2, -0.15) is 0 Å². The van der Waals surface area contributed by atoms with Gasteiger partial charge in [-0.15, -0.1) is 11.3 Å². The van der Waals surface area contributed by atoms with Crippen molar-refractivity contribution < 1.29 is 23.8 Å². The number of amides is 2. The maximum Gasteiger partial charge on any atom is 0.257 e. The van der Waals surface area contributed by atoms with Crippen molar-refractivity contribution in [3.63, 3.8) is 0 Å². The molecule has 0 saturated heterocycles. The van der Waals surface area contributed by atoms with E-state index in [2.05, 4.69) is 5.32 Å². The van der Waals surface area contributed by atoms with Crippen LogP contribution in [-0.2, 0) is 19.5 Å². The SMILES string of the molecule is COc1cc(=O)n2c(c1C(=O)NCc1cccs1)CCN(C(=O)c1ccc3c(c1)OCCO3)CC2. The van der Waals surface area contributed by atoms with E-state index >= 15 is 0 Å². The summed E-state index contributed by atoms with van der Waals surface area (Å²) in [5.74, 6) is 0.916. The van der Waals surface area contributed by atoms with Crippen LogP contribution in [0.5, 0.6) is 17.2 Å². The van der Waals surface area contributed by atoms with Crippen molar-refractivity contribution in [2.24, 2.45) is 0 Å². The Morgan fingerprint density at radius 3 is 2.69 bits per heavy atom. The second-order valence-electron chi connectivity index (χ2n) is 8.19. The van der Waals surface area contributed by atoms with Crippen molar-refractivity contribution in [3.8, 4) is 17.2 Å². The molecule has 3 aromatic rings. The Hall–Kier alpha value is -3.79. The van der Waals surface area contributed by atoms with Crippen LogP contribution in [0.25, 0.3) is 0 Å². The molecule has 35 heavy (non-hydrogen) atoms. The van der Waals surface area contributed by atoms with Gasteiger partial charge in [0.25, 0.3) is 17.4 Å². The Bertz CT molecular complexity index is 1320. The van der Waals surface area contributed by atoms with Crippen molar-refractivity contribution >= 4 is 23.2 Å². The molecule has 0 fully saturated rings. The lowest BCUT2D eigenvalue weighted by molar-refractivity contribution is 0.0757. The maximum atomic E-state index is 13.3. The number of rotatable bonds is 5. The summed E-state index contributed by atoms with van der Waals surface area (Å²) in [6, 6.07) is 10.3. The summed E-state index contributed by atoms with van der Waals surface area (Å²) in [5, 5.41) is 4.87. The number of methoxy groups -OCH3 is 1. The number of nitrogens with one attached hydrogen (secondary N) is 1. The summed E-state index contributed by atoms with van der Waals surface area (Å²) in [6.45, 7) is 2.26. The van der Waals surface area contributed by atoms with E-state index in [0.29, 0.717) is 67.6 Å². The molecule has 0 bridgehead atoms. The summed E-state index contributed by atoms with van der Waals surface area (Å²) in [5.41, 5.74) is 1.12. The predicted octanol–water partition coefficient (Wildman–Crippen LogP) is 2.32. The second kappa shape index (κ2) is 9.83. The minimum absolute atomic E-state index is 0.168. The third-order valence-corrected chi connectivity index (χ3v) is 7.00. The Morgan fingerprint density at radius 1 is 1.09 bits per heavy atom. The summed E-state index contributed by atoms with van der Waals surface area (Å²) in [4.78, 5) is 42.0. The smallest absolute Gasteiger partial charge is 0.257 e. The average molecular weight is 496 g/mol. The van der Waals surface area contributed by atoms with Gasteiger partial charge in [-0.1, -0.05) is 6.07 Å².